The Morgan fingerprint density at radius 1 is 1.25 bits per heavy atom. The molecule has 24 heavy (non-hydrogen) atoms. The number of likely N-dealkylation sites (tertiary alicyclic amines) is 1. The van der Waals surface area contributed by atoms with Crippen molar-refractivity contribution in [3.05, 3.63) is 35.9 Å². The molecule has 0 spiro atoms. The normalized spacial score (nSPS) is 17.4. The molecule has 1 heterocycles. The van der Waals surface area contributed by atoms with Gasteiger partial charge in [0.25, 0.3) is 0 Å². The first-order valence-electron chi connectivity index (χ1n) is 8.42. The topological polar surface area (TPSA) is 75.4 Å². The lowest BCUT2D eigenvalue weighted by atomic mass is 9.92. The molecule has 5 nitrogen and oxygen atoms in total. The first-order valence-corrected chi connectivity index (χ1v) is 8.42. The van der Waals surface area contributed by atoms with Crippen LogP contribution in [0.15, 0.2) is 30.3 Å². The number of hydrogen-bond donors (Lipinski definition) is 2. The van der Waals surface area contributed by atoms with E-state index in [9.17, 15) is 9.59 Å². The van der Waals surface area contributed by atoms with Crippen molar-refractivity contribution in [1.29, 1.82) is 0 Å². The van der Waals surface area contributed by atoms with Crippen LogP contribution >= 0.6 is 12.4 Å². The molecule has 0 bridgehead atoms. The molecule has 1 fully saturated rings. The van der Waals surface area contributed by atoms with Crippen molar-refractivity contribution >= 4 is 24.2 Å². The van der Waals surface area contributed by atoms with E-state index in [1.165, 1.54) is 0 Å². The van der Waals surface area contributed by atoms with Crippen LogP contribution < -0.4 is 11.1 Å². The largest absolute Gasteiger partial charge is 0.354 e. The summed E-state index contributed by atoms with van der Waals surface area (Å²) in [7, 11) is 0. The second-order valence-electron chi connectivity index (χ2n) is 6.37. The van der Waals surface area contributed by atoms with Gasteiger partial charge in [-0.1, -0.05) is 36.8 Å². The highest BCUT2D eigenvalue weighted by Gasteiger charge is 2.29. The number of carbonyl (C=O) groups is 2. The number of rotatable bonds is 6. The predicted molar refractivity (Wildman–Crippen MR) is 97.9 cm³/mol. The Morgan fingerprint density at radius 2 is 1.96 bits per heavy atom. The molecule has 1 atom stereocenters. The summed E-state index contributed by atoms with van der Waals surface area (Å²) in [4.78, 5) is 26.1. The maximum Gasteiger partial charge on any atom is 0.244 e. The van der Waals surface area contributed by atoms with Crippen LogP contribution in [-0.4, -0.2) is 36.3 Å². The maximum absolute atomic E-state index is 12.3. The summed E-state index contributed by atoms with van der Waals surface area (Å²) in [5.74, 6) is 0.0488. The van der Waals surface area contributed by atoms with Gasteiger partial charge < -0.3 is 16.0 Å². The summed E-state index contributed by atoms with van der Waals surface area (Å²) in [5, 5.41) is 2.89. The second kappa shape index (κ2) is 9.64. The molecule has 134 valence electrons. The van der Waals surface area contributed by atoms with E-state index in [-0.39, 0.29) is 24.2 Å². The van der Waals surface area contributed by atoms with Gasteiger partial charge in [-0.2, -0.15) is 0 Å². The van der Waals surface area contributed by atoms with E-state index in [0.717, 1.165) is 37.8 Å². The summed E-state index contributed by atoms with van der Waals surface area (Å²) in [5.41, 5.74) is 5.92. The van der Waals surface area contributed by atoms with Crippen LogP contribution in [0.1, 0.15) is 44.6 Å². The smallest absolute Gasteiger partial charge is 0.244 e. The van der Waals surface area contributed by atoms with Crippen molar-refractivity contribution < 1.29 is 9.59 Å². The van der Waals surface area contributed by atoms with E-state index in [1.807, 2.05) is 35.2 Å². The molecule has 1 aliphatic rings. The first kappa shape index (κ1) is 20.5. The Kier molecular flexibility index (Phi) is 8.22. The molecule has 0 radical (unpaired) electrons. The molecule has 0 aromatic heterocycles. The molecule has 0 aliphatic carbocycles. The van der Waals surface area contributed by atoms with Gasteiger partial charge in [-0.15, -0.1) is 12.4 Å². The Balaban J connectivity index is 0.00000288. The van der Waals surface area contributed by atoms with Crippen molar-refractivity contribution in [3.8, 4) is 0 Å². The van der Waals surface area contributed by atoms with Crippen LogP contribution in [0.5, 0.6) is 0 Å². The Bertz CT molecular complexity index is 534. The number of nitrogens with two attached hydrogens (primary N) is 1. The van der Waals surface area contributed by atoms with Gasteiger partial charge in [0.2, 0.25) is 11.8 Å². The number of carbonyl (C=O) groups excluding carboxylic acids is 2. The van der Waals surface area contributed by atoms with Gasteiger partial charge >= 0.3 is 0 Å². The molecule has 0 saturated carbocycles. The number of benzene rings is 1. The summed E-state index contributed by atoms with van der Waals surface area (Å²) in [6.07, 6.45) is 4.60. The molecular weight excluding hydrogens is 326 g/mol. The minimum atomic E-state index is -1.04. The molecule has 6 heteroatoms. The van der Waals surface area contributed by atoms with Crippen molar-refractivity contribution in [1.82, 2.24) is 10.2 Å². The van der Waals surface area contributed by atoms with Gasteiger partial charge in [-0.3, -0.25) is 9.59 Å². The molecule has 1 saturated heterocycles. The van der Waals surface area contributed by atoms with Gasteiger partial charge in [0.1, 0.15) is 5.54 Å². The highest BCUT2D eigenvalue weighted by Crippen LogP contribution is 2.17. The van der Waals surface area contributed by atoms with Crippen molar-refractivity contribution in [3.63, 3.8) is 0 Å². The zero-order valence-electron chi connectivity index (χ0n) is 14.3. The van der Waals surface area contributed by atoms with Gasteiger partial charge in [0.05, 0.1) is 0 Å². The van der Waals surface area contributed by atoms with Gasteiger partial charge in [-0.25, -0.2) is 0 Å². The standard InChI is InChI=1S/C18H27N3O2.ClH/c1-18(19,15-9-4-2-5-10-15)17(23)20-12-8-14-21-13-7-3-6-11-16(21)22;/h2,4-5,9-10H,3,6-8,11-14,19H2,1H3,(H,20,23);1H. The number of halogens is 1. The van der Waals surface area contributed by atoms with Crippen LogP contribution in [0.25, 0.3) is 0 Å². The summed E-state index contributed by atoms with van der Waals surface area (Å²) >= 11 is 0. The highest BCUT2D eigenvalue weighted by atomic mass is 35.5. The molecule has 2 rings (SSSR count). The Hall–Kier alpha value is -1.59. The highest BCUT2D eigenvalue weighted by molar-refractivity contribution is 5.87. The van der Waals surface area contributed by atoms with E-state index >= 15 is 0 Å². The van der Waals surface area contributed by atoms with E-state index in [0.29, 0.717) is 19.5 Å². The second-order valence-corrected chi connectivity index (χ2v) is 6.37. The molecular formula is C18H28ClN3O2. The zero-order chi connectivity index (χ0) is 16.7. The average Bonchev–Trinajstić information content (AvgIpc) is 2.76. The van der Waals surface area contributed by atoms with Crippen molar-refractivity contribution in [2.75, 3.05) is 19.6 Å². The lowest BCUT2D eigenvalue weighted by molar-refractivity contribution is -0.130. The Morgan fingerprint density at radius 3 is 2.67 bits per heavy atom. The van der Waals surface area contributed by atoms with Gasteiger partial charge in [0, 0.05) is 26.1 Å². The van der Waals surface area contributed by atoms with Gasteiger partial charge in [0.15, 0.2) is 0 Å². The van der Waals surface area contributed by atoms with E-state index in [4.69, 9.17) is 5.73 Å². The number of hydrogen-bond acceptors (Lipinski definition) is 3. The zero-order valence-corrected chi connectivity index (χ0v) is 15.1. The van der Waals surface area contributed by atoms with Gasteiger partial charge in [-0.05, 0) is 31.7 Å². The third kappa shape index (κ3) is 5.49. The quantitative estimate of drug-likeness (QED) is 0.770. The first-order chi connectivity index (χ1) is 11.0. The Labute approximate surface area is 150 Å². The fourth-order valence-corrected chi connectivity index (χ4v) is 2.85. The van der Waals surface area contributed by atoms with Crippen LogP contribution in [0.3, 0.4) is 0 Å². The minimum Gasteiger partial charge on any atom is -0.354 e. The van der Waals surface area contributed by atoms with Crippen LogP contribution in [0.2, 0.25) is 0 Å². The maximum atomic E-state index is 12.3. The van der Waals surface area contributed by atoms with Crippen molar-refractivity contribution in [2.24, 2.45) is 5.73 Å². The lowest BCUT2D eigenvalue weighted by Crippen LogP contribution is -2.49. The fourth-order valence-electron chi connectivity index (χ4n) is 2.85. The molecule has 1 aromatic rings. The lowest BCUT2D eigenvalue weighted by Gasteiger charge is -2.25. The molecule has 2 amide bonds. The average molecular weight is 354 g/mol. The summed E-state index contributed by atoms with van der Waals surface area (Å²) in [6, 6.07) is 9.36. The number of nitrogens with one attached hydrogen (secondary N) is 1. The van der Waals surface area contributed by atoms with Crippen LogP contribution in [0, 0.1) is 0 Å². The predicted octanol–water partition coefficient (Wildman–Crippen LogP) is 2.19. The number of nitrogens with zero attached hydrogens (tertiary/aromatic N) is 1. The fraction of sp³-hybridized carbons (Fsp3) is 0.556. The molecule has 3 N–H and O–H groups in total. The monoisotopic (exact) mass is 353 g/mol. The molecule has 1 unspecified atom stereocenters. The van der Waals surface area contributed by atoms with E-state index < -0.39 is 5.54 Å². The van der Waals surface area contributed by atoms with E-state index in [1.54, 1.807) is 6.92 Å². The van der Waals surface area contributed by atoms with Crippen LogP contribution in [0.4, 0.5) is 0 Å². The third-order valence-corrected chi connectivity index (χ3v) is 4.41. The summed E-state index contributed by atoms with van der Waals surface area (Å²) < 4.78 is 0. The molecule has 1 aromatic carbocycles. The van der Waals surface area contributed by atoms with E-state index in [2.05, 4.69) is 5.32 Å². The molecule has 1 aliphatic heterocycles. The minimum absolute atomic E-state index is 0. The third-order valence-electron chi connectivity index (χ3n) is 4.41. The summed E-state index contributed by atoms with van der Waals surface area (Å²) in [6.45, 7) is 3.79. The SMILES string of the molecule is CC(N)(C(=O)NCCCN1CCCCCC1=O)c1ccccc1.Cl. The van der Waals surface area contributed by atoms with Crippen LogP contribution in [-0.2, 0) is 15.1 Å². The number of amides is 2. The van der Waals surface area contributed by atoms with Crippen molar-refractivity contribution in [2.45, 2.75) is 44.6 Å².